The van der Waals surface area contributed by atoms with Crippen molar-refractivity contribution in [1.82, 2.24) is 3.97 Å². The average Bonchev–Trinajstić information content (AvgIpc) is 2.86. The molecular weight excluding hydrogens is 280 g/mol. The Bertz CT molecular complexity index is 758. The molecule has 0 saturated heterocycles. The van der Waals surface area contributed by atoms with Gasteiger partial charge in [-0.05, 0) is 31.2 Å². The number of hydrogen-bond donors (Lipinski definition) is 0. The molecule has 0 aliphatic rings. The van der Waals surface area contributed by atoms with Crippen LogP contribution >= 0.6 is 0 Å². The average molecular weight is 292 g/mol. The fourth-order valence-corrected chi connectivity index (χ4v) is 3.03. The molecule has 0 fully saturated rings. The lowest BCUT2D eigenvalue weighted by atomic mass is 10.2. The fourth-order valence-electron chi connectivity index (χ4n) is 1.69. The van der Waals surface area contributed by atoms with Crippen molar-refractivity contribution in [3.05, 3.63) is 70.2 Å². The standard InChI is InChI=1S/C13H12N2O4S/c1-11-4-6-13(7-5-11)20(18,19)14-9-2-3-12(14)8-10-15(16)17/h2-10H,1H3. The second-order valence-electron chi connectivity index (χ2n) is 4.15. The molecule has 0 amide bonds. The Morgan fingerprint density at radius 1 is 1.20 bits per heavy atom. The third-order valence-corrected chi connectivity index (χ3v) is 4.41. The van der Waals surface area contributed by atoms with Gasteiger partial charge in [0, 0.05) is 12.3 Å². The van der Waals surface area contributed by atoms with Crippen LogP contribution in [0.5, 0.6) is 0 Å². The molecule has 0 atom stereocenters. The Labute approximate surface area is 116 Å². The van der Waals surface area contributed by atoms with E-state index >= 15 is 0 Å². The summed E-state index contributed by atoms with van der Waals surface area (Å²) in [5, 5.41) is 10.3. The van der Waals surface area contributed by atoms with Crippen LogP contribution in [-0.4, -0.2) is 17.3 Å². The highest BCUT2D eigenvalue weighted by atomic mass is 32.2. The van der Waals surface area contributed by atoms with E-state index in [-0.39, 0.29) is 10.6 Å². The first-order valence-electron chi connectivity index (χ1n) is 5.72. The molecule has 20 heavy (non-hydrogen) atoms. The molecule has 6 nitrogen and oxygen atoms in total. The first-order valence-corrected chi connectivity index (χ1v) is 7.16. The van der Waals surface area contributed by atoms with Gasteiger partial charge in [-0.2, -0.15) is 0 Å². The van der Waals surface area contributed by atoms with E-state index in [0.29, 0.717) is 6.20 Å². The zero-order valence-electron chi connectivity index (χ0n) is 10.6. The maximum Gasteiger partial charge on any atom is 0.268 e. The summed E-state index contributed by atoms with van der Waals surface area (Å²) in [6.45, 7) is 1.86. The molecule has 1 aromatic heterocycles. The molecular formula is C13H12N2O4S. The van der Waals surface area contributed by atoms with Gasteiger partial charge in [0.05, 0.1) is 15.5 Å². The van der Waals surface area contributed by atoms with E-state index < -0.39 is 14.9 Å². The highest BCUT2D eigenvalue weighted by molar-refractivity contribution is 7.90. The van der Waals surface area contributed by atoms with Crippen LogP contribution in [0.15, 0.2) is 53.7 Å². The Kier molecular flexibility index (Phi) is 3.71. The summed E-state index contributed by atoms with van der Waals surface area (Å²) in [4.78, 5) is 9.81. The normalized spacial score (nSPS) is 11.8. The minimum absolute atomic E-state index is 0.134. The number of aromatic nitrogens is 1. The van der Waals surface area contributed by atoms with Crippen LogP contribution in [0.3, 0.4) is 0 Å². The summed E-state index contributed by atoms with van der Waals surface area (Å²) in [7, 11) is -3.75. The zero-order valence-corrected chi connectivity index (χ0v) is 11.4. The van der Waals surface area contributed by atoms with E-state index in [0.717, 1.165) is 15.6 Å². The van der Waals surface area contributed by atoms with Gasteiger partial charge in [-0.3, -0.25) is 10.1 Å². The summed E-state index contributed by atoms with van der Waals surface area (Å²) >= 11 is 0. The van der Waals surface area contributed by atoms with Crippen LogP contribution < -0.4 is 0 Å². The van der Waals surface area contributed by atoms with E-state index in [9.17, 15) is 18.5 Å². The Morgan fingerprint density at radius 2 is 1.85 bits per heavy atom. The molecule has 0 bridgehead atoms. The van der Waals surface area contributed by atoms with Gasteiger partial charge in [0.1, 0.15) is 0 Å². The van der Waals surface area contributed by atoms with Crippen molar-refractivity contribution < 1.29 is 13.3 Å². The fraction of sp³-hybridized carbons (Fsp3) is 0.0769. The topological polar surface area (TPSA) is 82.2 Å². The molecule has 2 rings (SSSR count). The minimum atomic E-state index is -3.75. The summed E-state index contributed by atoms with van der Waals surface area (Å²) in [5.74, 6) is 0. The summed E-state index contributed by atoms with van der Waals surface area (Å²) in [5.41, 5.74) is 1.17. The number of hydrogen-bond acceptors (Lipinski definition) is 4. The van der Waals surface area contributed by atoms with Crippen molar-refractivity contribution in [3.8, 4) is 0 Å². The predicted molar refractivity (Wildman–Crippen MR) is 74.2 cm³/mol. The number of rotatable bonds is 4. The second kappa shape index (κ2) is 5.30. The third kappa shape index (κ3) is 2.77. The van der Waals surface area contributed by atoms with E-state index in [2.05, 4.69) is 0 Å². The van der Waals surface area contributed by atoms with Gasteiger partial charge in [0.15, 0.2) is 0 Å². The Balaban J connectivity index is 2.48. The lowest BCUT2D eigenvalue weighted by molar-refractivity contribution is -0.401. The molecule has 0 radical (unpaired) electrons. The number of nitro groups is 1. The van der Waals surface area contributed by atoms with Crippen molar-refractivity contribution in [1.29, 1.82) is 0 Å². The van der Waals surface area contributed by atoms with Crippen LogP contribution in [0.2, 0.25) is 0 Å². The molecule has 7 heteroatoms. The maximum atomic E-state index is 12.4. The zero-order chi connectivity index (χ0) is 14.8. The van der Waals surface area contributed by atoms with Crippen molar-refractivity contribution in [2.24, 2.45) is 0 Å². The molecule has 0 unspecified atom stereocenters. The molecule has 1 heterocycles. The highest BCUT2D eigenvalue weighted by Crippen LogP contribution is 2.18. The van der Waals surface area contributed by atoms with E-state index in [1.54, 1.807) is 12.1 Å². The van der Waals surface area contributed by atoms with Crippen LogP contribution in [-0.2, 0) is 10.0 Å². The molecule has 2 aromatic rings. The third-order valence-electron chi connectivity index (χ3n) is 2.69. The summed E-state index contributed by atoms with van der Waals surface area (Å²) in [6.07, 6.45) is 3.21. The Hall–Kier alpha value is -2.41. The minimum Gasteiger partial charge on any atom is -0.259 e. The van der Waals surface area contributed by atoms with Crippen molar-refractivity contribution in [3.63, 3.8) is 0 Å². The monoisotopic (exact) mass is 292 g/mol. The number of aryl methyl sites for hydroxylation is 1. The molecule has 0 spiro atoms. The van der Waals surface area contributed by atoms with Gasteiger partial charge in [-0.25, -0.2) is 12.4 Å². The lowest BCUT2D eigenvalue weighted by Gasteiger charge is -2.08. The smallest absolute Gasteiger partial charge is 0.259 e. The van der Waals surface area contributed by atoms with Gasteiger partial charge < -0.3 is 0 Å². The van der Waals surface area contributed by atoms with Gasteiger partial charge in [-0.1, -0.05) is 17.7 Å². The quantitative estimate of drug-likeness (QED) is 0.639. The van der Waals surface area contributed by atoms with Gasteiger partial charge in [0.25, 0.3) is 10.0 Å². The predicted octanol–water partition coefficient (Wildman–Crippen LogP) is 2.28. The van der Waals surface area contributed by atoms with Gasteiger partial charge >= 0.3 is 0 Å². The number of nitrogens with zero attached hydrogens (tertiary/aromatic N) is 2. The summed E-state index contributed by atoms with van der Waals surface area (Å²) < 4.78 is 25.9. The second-order valence-corrected chi connectivity index (χ2v) is 5.96. The molecule has 0 saturated carbocycles. The van der Waals surface area contributed by atoms with Crippen molar-refractivity contribution in [2.45, 2.75) is 11.8 Å². The molecule has 0 aliphatic heterocycles. The van der Waals surface area contributed by atoms with Crippen molar-refractivity contribution in [2.75, 3.05) is 0 Å². The molecule has 0 N–H and O–H groups in total. The maximum absolute atomic E-state index is 12.4. The Morgan fingerprint density at radius 3 is 2.45 bits per heavy atom. The van der Waals surface area contributed by atoms with E-state index in [1.807, 2.05) is 6.92 Å². The van der Waals surface area contributed by atoms with Gasteiger partial charge in [0.2, 0.25) is 6.20 Å². The van der Waals surface area contributed by atoms with Crippen molar-refractivity contribution >= 4 is 16.1 Å². The highest BCUT2D eigenvalue weighted by Gasteiger charge is 2.18. The van der Waals surface area contributed by atoms with Crippen LogP contribution in [0.4, 0.5) is 0 Å². The van der Waals surface area contributed by atoms with Crippen LogP contribution in [0.1, 0.15) is 11.3 Å². The first kappa shape index (κ1) is 14.0. The largest absolute Gasteiger partial charge is 0.268 e. The number of benzene rings is 1. The van der Waals surface area contributed by atoms with E-state index in [4.69, 9.17) is 0 Å². The first-order chi connectivity index (χ1) is 9.41. The van der Waals surface area contributed by atoms with Crippen LogP contribution in [0, 0.1) is 17.0 Å². The lowest BCUT2D eigenvalue weighted by Crippen LogP contribution is -2.13. The van der Waals surface area contributed by atoms with Crippen LogP contribution in [0.25, 0.3) is 6.08 Å². The van der Waals surface area contributed by atoms with Gasteiger partial charge in [-0.15, -0.1) is 0 Å². The molecule has 104 valence electrons. The molecule has 1 aromatic carbocycles. The molecule has 0 aliphatic carbocycles. The SMILES string of the molecule is Cc1ccc(S(=O)(=O)n2cccc2C=C[N+](=O)[O-])cc1. The van der Waals surface area contributed by atoms with E-state index in [1.165, 1.54) is 30.5 Å². The summed E-state index contributed by atoms with van der Waals surface area (Å²) in [6, 6.07) is 9.42.